The highest BCUT2D eigenvalue weighted by molar-refractivity contribution is 6.76. The normalized spacial score (nSPS) is 11.9. The molecule has 0 aliphatic carbocycles. The summed E-state index contributed by atoms with van der Waals surface area (Å²) in [5.74, 6) is -0.418. The number of hydrogen-bond donors (Lipinski definition) is 1. The van der Waals surface area contributed by atoms with Crippen LogP contribution in [0.15, 0.2) is 24.5 Å². The molecule has 2 rings (SSSR count). The summed E-state index contributed by atoms with van der Waals surface area (Å²) in [7, 11) is -1.09. The number of aromatic nitrogens is 2. The molecule has 0 fully saturated rings. The van der Waals surface area contributed by atoms with Crippen molar-refractivity contribution in [2.45, 2.75) is 32.4 Å². The summed E-state index contributed by atoms with van der Waals surface area (Å²) in [5, 5.41) is 4.39. The number of nitrogen functional groups attached to an aromatic ring is 1. The number of ether oxygens (including phenoxy) is 1. The van der Waals surface area contributed by atoms with Crippen LogP contribution in [-0.2, 0) is 11.5 Å². The van der Waals surface area contributed by atoms with Gasteiger partial charge in [0.1, 0.15) is 12.5 Å². The molecule has 1 aromatic carbocycles. The van der Waals surface area contributed by atoms with Gasteiger partial charge in [0, 0.05) is 32.0 Å². The van der Waals surface area contributed by atoms with E-state index in [4.69, 9.17) is 22.1 Å². The first-order valence-electron chi connectivity index (χ1n) is 7.11. The molecule has 0 aliphatic heterocycles. The van der Waals surface area contributed by atoms with Crippen molar-refractivity contribution in [3.63, 3.8) is 0 Å². The minimum absolute atomic E-state index is 0.211. The molecule has 0 unspecified atom stereocenters. The largest absolute Gasteiger partial charge is 0.398 e. The van der Waals surface area contributed by atoms with Gasteiger partial charge in [0.2, 0.25) is 0 Å². The molecule has 0 aliphatic rings. The zero-order valence-corrected chi connectivity index (χ0v) is 14.8. The lowest BCUT2D eigenvalue weighted by Crippen LogP contribution is -2.22. The zero-order valence-electron chi connectivity index (χ0n) is 13.1. The summed E-state index contributed by atoms with van der Waals surface area (Å²) < 4.78 is 21.2. The lowest BCUT2D eigenvalue weighted by molar-refractivity contribution is 0.0786. The Kier molecular flexibility index (Phi) is 5.26. The third-order valence-corrected chi connectivity index (χ3v) is 5.28. The fraction of sp³-hybridized carbons (Fsp3) is 0.400. The van der Waals surface area contributed by atoms with Crippen molar-refractivity contribution in [3.8, 4) is 11.1 Å². The first-order chi connectivity index (χ1) is 10.3. The zero-order chi connectivity index (χ0) is 16.3. The van der Waals surface area contributed by atoms with Crippen LogP contribution in [0.3, 0.4) is 0 Å². The smallest absolute Gasteiger partial charge is 0.139 e. The molecule has 0 amide bonds. The second-order valence-corrected chi connectivity index (χ2v) is 12.5. The molecule has 4 nitrogen and oxygen atoms in total. The number of nitrogens with zero attached hydrogens (tertiary/aromatic N) is 2. The van der Waals surface area contributed by atoms with Gasteiger partial charge in [-0.25, -0.2) is 9.07 Å². The summed E-state index contributed by atoms with van der Waals surface area (Å²) in [6.07, 6.45) is 3.33. The minimum atomic E-state index is -1.09. The Morgan fingerprint density at radius 3 is 2.77 bits per heavy atom. The van der Waals surface area contributed by atoms with Crippen molar-refractivity contribution in [2.24, 2.45) is 0 Å². The molecule has 0 radical (unpaired) electrons. The molecule has 1 aromatic heterocycles. The predicted octanol–water partition coefficient (Wildman–Crippen LogP) is 4.24. The van der Waals surface area contributed by atoms with Gasteiger partial charge in [-0.2, -0.15) is 5.10 Å². The van der Waals surface area contributed by atoms with Gasteiger partial charge < -0.3 is 10.5 Å². The summed E-state index contributed by atoms with van der Waals surface area (Å²) in [4.78, 5) is 0. The lowest BCUT2D eigenvalue weighted by atomic mass is 10.1. The quantitative estimate of drug-likeness (QED) is 0.486. The molecule has 0 saturated heterocycles. The Labute approximate surface area is 136 Å². The number of anilines is 1. The summed E-state index contributed by atoms with van der Waals surface area (Å²) in [6, 6.07) is 3.84. The third-order valence-electron chi connectivity index (χ3n) is 3.25. The van der Waals surface area contributed by atoms with Gasteiger partial charge in [-0.05, 0) is 18.2 Å². The fourth-order valence-electron chi connectivity index (χ4n) is 1.90. The molecule has 1 heterocycles. The minimum Gasteiger partial charge on any atom is -0.398 e. The molecule has 120 valence electrons. The molecular weight excluding hydrogens is 321 g/mol. The van der Waals surface area contributed by atoms with Crippen molar-refractivity contribution in [1.29, 1.82) is 0 Å². The van der Waals surface area contributed by atoms with Gasteiger partial charge in [0.15, 0.2) is 0 Å². The highest BCUT2D eigenvalue weighted by atomic mass is 35.5. The van der Waals surface area contributed by atoms with Crippen LogP contribution in [0.25, 0.3) is 11.1 Å². The number of nitrogens with two attached hydrogens (primary N) is 1. The summed E-state index contributed by atoms with van der Waals surface area (Å²) in [6.45, 7) is 7.98. The number of halogens is 2. The Hall–Kier alpha value is -1.37. The van der Waals surface area contributed by atoms with Crippen LogP contribution in [-0.4, -0.2) is 24.5 Å². The molecular formula is C15H21ClFN3OSi. The summed E-state index contributed by atoms with van der Waals surface area (Å²) in [5.41, 5.74) is 7.10. The molecule has 0 atom stereocenters. The van der Waals surface area contributed by atoms with Crippen LogP contribution in [0, 0.1) is 5.82 Å². The van der Waals surface area contributed by atoms with E-state index in [0.717, 1.165) is 6.04 Å². The highest BCUT2D eigenvalue weighted by Gasteiger charge is 2.13. The maximum absolute atomic E-state index is 14.0. The lowest BCUT2D eigenvalue weighted by Gasteiger charge is -2.15. The van der Waals surface area contributed by atoms with Crippen molar-refractivity contribution >= 4 is 25.4 Å². The first kappa shape index (κ1) is 17.0. The van der Waals surface area contributed by atoms with Gasteiger partial charge >= 0.3 is 0 Å². The third kappa shape index (κ3) is 4.56. The van der Waals surface area contributed by atoms with E-state index in [1.807, 2.05) is 0 Å². The Bertz CT molecular complexity index is 655. The Morgan fingerprint density at radius 2 is 2.09 bits per heavy atom. The fourth-order valence-corrected chi connectivity index (χ4v) is 2.80. The molecule has 0 bridgehead atoms. The second-order valence-electron chi connectivity index (χ2n) is 6.47. The van der Waals surface area contributed by atoms with E-state index in [9.17, 15) is 4.39 Å². The van der Waals surface area contributed by atoms with Crippen molar-refractivity contribution < 1.29 is 9.13 Å². The maximum Gasteiger partial charge on any atom is 0.139 e. The van der Waals surface area contributed by atoms with E-state index in [1.54, 1.807) is 17.1 Å². The topological polar surface area (TPSA) is 53.1 Å². The van der Waals surface area contributed by atoms with Crippen LogP contribution in [0.4, 0.5) is 10.1 Å². The average molecular weight is 342 g/mol. The summed E-state index contributed by atoms with van der Waals surface area (Å²) >= 11 is 5.80. The van der Waals surface area contributed by atoms with E-state index in [0.29, 0.717) is 30.2 Å². The Balaban J connectivity index is 2.01. The van der Waals surface area contributed by atoms with Crippen molar-refractivity contribution in [2.75, 3.05) is 12.3 Å². The van der Waals surface area contributed by atoms with E-state index >= 15 is 0 Å². The molecule has 2 aromatic rings. The average Bonchev–Trinajstić information content (AvgIpc) is 2.86. The second kappa shape index (κ2) is 6.81. The maximum atomic E-state index is 14.0. The highest BCUT2D eigenvalue weighted by Crippen LogP contribution is 2.29. The molecule has 2 N–H and O–H groups in total. The van der Waals surface area contributed by atoms with Gasteiger partial charge in [0.25, 0.3) is 0 Å². The van der Waals surface area contributed by atoms with E-state index in [1.165, 1.54) is 12.1 Å². The monoisotopic (exact) mass is 341 g/mol. The van der Waals surface area contributed by atoms with E-state index < -0.39 is 13.9 Å². The van der Waals surface area contributed by atoms with Gasteiger partial charge in [-0.1, -0.05) is 31.2 Å². The first-order valence-corrected chi connectivity index (χ1v) is 11.2. The van der Waals surface area contributed by atoms with Crippen LogP contribution >= 0.6 is 11.6 Å². The SMILES string of the molecule is C[Si](C)(C)CCOCn1cc(-c2cc(N)c(Cl)cc2F)cn1. The molecule has 7 heteroatoms. The van der Waals surface area contributed by atoms with E-state index in [2.05, 4.69) is 24.7 Å². The van der Waals surface area contributed by atoms with Crippen molar-refractivity contribution in [1.82, 2.24) is 9.78 Å². The molecule has 22 heavy (non-hydrogen) atoms. The standard InChI is InChI=1S/C15H21ClFN3OSi/c1-22(2,3)5-4-21-10-20-9-11(8-19-20)12-6-15(18)13(16)7-14(12)17/h6-9H,4-5,10,18H2,1-3H3. The van der Waals surface area contributed by atoms with Crippen LogP contribution in [0.5, 0.6) is 0 Å². The van der Waals surface area contributed by atoms with Gasteiger partial charge in [0.05, 0.1) is 16.9 Å². The van der Waals surface area contributed by atoms with Crippen LogP contribution in [0.2, 0.25) is 30.7 Å². The van der Waals surface area contributed by atoms with Crippen molar-refractivity contribution in [3.05, 3.63) is 35.4 Å². The molecule has 0 spiro atoms. The van der Waals surface area contributed by atoms with Crippen LogP contribution in [0.1, 0.15) is 0 Å². The Morgan fingerprint density at radius 1 is 1.36 bits per heavy atom. The number of rotatable bonds is 6. The van der Waals surface area contributed by atoms with Gasteiger partial charge in [-0.3, -0.25) is 0 Å². The van der Waals surface area contributed by atoms with Crippen LogP contribution < -0.4 is 5.73 Å². The number of hydrogen-bond acceptors (Lipinski definition) is 3. The van der Waals surface area contributed by atoms with Gasteiger partial charge in [-0.15, -0.1) is 0 Å². The molecule has 0 saturated carbocycles. The predicted molar refractivity (Wildman–Crippen MR) is 91.1 cm³/mol. The number of benzene rings is 1. The van der Waals surface area contributed by atoms with E-state index in [-0.39, 0.29) is 5.02 Å².